The van der Waals surface area contributed by atoms with Crippen LogP contribution in [0.4, 0.5) is 4.39 Å². The van der Waals surface area contributed by atoms with Gasteiger partial charge in [-0.3, -0.25) is 0 Å². The third kappa shape index (κ3) is 4.75. The number of hydrogen-bond acceptors (Lipinski definition) is 2. The standard InChI is InChI=1S/C21H19ClFNO2S/c1-15-8-5-6-11-17(15)21(16-9-3-2-4-10-16)24-27(25,26)14-18-19(22)12-7-13-20(18)23/h2-13,21,24H,14H2,1H3/t21-/m0/s1. The molecule has 0 aliphatic carbocycles. The molecule has 3 rings (SSSR count). The summed E-state index contributed by atoms with van der Waals surface area (Å²) in [5.41, 5.74) is 2.56. The van der Waals surface area contributed by atoms with Gasteiger partial charge >= 0.3 is 0 Å². The molecule has 0 bridgehead atoms. The predicted octanol–water partition coefficient (Wildman–Crippen LogP) is 5.00. The van der Waals surface area contributed by atoms with Crippen LogP contribution in [0.25, 0.3) is 0 Å². The number of aryl methyl sites for hydroxylation is 1. The van der Waals surface area contributed by atoms with Crippen molar-refractivity contribution >= 4 is 21.6 Å². The SMILES string of the molecule is Cc1ccccc1[C@@H](NS(=O)(=O)Cc1c(F)cccc1Cl)c1ccccc1. The summed E-state index contributed by atoms with van der Waals surface area (Å²) in [6.07, 6.45) is 0. The van der Waals surface area contributed by atoms with E-state index >= 15 is 0 Å². The van der Waals surface area contributed by atoms with E-state index in [9.17, 15) is 12.8 Å². The highest BCUT2D eigenvalue weighted by Crippen LogP contribution is 2.27. The molecule has 0 radical (unpaired) electrons. The van der Waals surface area contributed by atoms with Crippen molar-refractivity contribution in [2.24, 2.45) is 0 Å². The van der Waals surface area contributed by atoms with E-state index in [0.29, 0.717) is 0 Å². The molecule has 1 N–H and O–H groups in total. The van der Waals surface area contributed by atoms with Crippen molar-refractivity contribution in [1.82, 2.24) is 4.72 Å². The van der Waals surface area contributed by atoms with Gasteiger partial charge in [-0.05, 0) is 35.7 Å². The van der Waals surface area contributed by atoms with Crippen LogP contribution >= 0.6 is 11.6 Å². The highest BCUT2D eigenvalue weighted by Gasteiger charge is 2.24. The van der Waals surface area contributed by atoms with E-state index in [1.54, 1.807) is 0 Å². The predicted molar refractivity (Wildman–Crippen MR) is 107 cm³/mol. The van der Waals surface area contributed by atoms with Gasteiger partial charge in [0, 0.05) is 10.6 Å². The fraction of sp³-hybridized carbons (Fsp3) is 0.143. The Bertz CT molecular complexity index is 1020. The fourth-order valence-corrected chi connectivity index (χ4v) is 4.64. The molecule has 3 aromatic carbocycles. The third-order valence-corrected chi connectivity index (χ3v) is 5.94. The molecule has 27 heavy (non-hydrogen) atoms. The molecule has 0 heterocycles. The van der Waals surface area contributed by atoms with Crippen molar-refractivity contribution in [2.45, 2.75) is 18.7 Å². The second-order valence-corrected chi connectivity index (χ2v) is 8.44. The van der Waals surface area contributed by atoms with E-state index in [2.05, 4.69) is 4.72 Å². The van der Waals surface area contributed by atoms with Crippen LogP contribution in [0, 0.1) is 12.7 Å². The van der Waals surface area contributed by atoms with Crippen LogP contribution in [0.5, 0.6) is 0 Å². The number of halogens is 2. The molecule has 0 saturated carbocycles. The quantitative estimate of drug-likeness (QED) is 0.629. The summed E-state index contributed by atoms with van der Waals surface area (Å²) in [7, 11) is -3.87. The molecule has 3 aromatic rings. The van der Waals surface area contributed by atoms with Gasteiger partial charge in [0.1, 0.15) is 5.82 Å². The molecule has 0 amide bonds. The first-order valence-electron chi connectivity index (χ1n) is 8.41. The van der Waals surface area contributed by atoms with Crippen LogP contribution < -0.4 is 4.72 Å². The van der Waals surface area contributed by atoms with Crippen molar-refractivity contribution in [3.05, 3.63) is 106 Å². The molecule has 6 heteroatoms. The largest absolute Gasteiger partial charge is 0.216 e. The zero-order valence-corrected chi connectivity index (χ0v) is 16.3. The van der Waals surface area contributed by atoms with Gasteiger partial charge in [-0.25, -0.2) is 17.5 Å². The lowest BCUT2D eigenvalue weighted by molar-refractivity contribution is 0.566. The van der Waals surface area contributed by atoms with Crippen molar-refractivity contribution in [3.8, 4) is 0 Å². The average molecular weight is 404 g/mol. The van der Waals surface area contributed by atoms with E-state index in [1.807, 2.05) is 61.5 Å². The summed E-state index contributed by atoms with van der Waals surface area (Å²) in [6.45, 7) is 1.92. The molecule has 0 saturated heterocycles. The second kappa shape index (κ2) is 8.21. The van der Waals surface area contributed by atoms with Crippen LogP contribution in [0.15, 0.2) is 72.8 Å². The Balaban J connectivity index is 1.98. The number of nitrogens with one attached hydrogen (secondary N) is 1. The minimum atomic E-state index is -3.87. The van der Waals surface area contributed by atoms with Gasteiger partial charge in [-0.1, -0.05) is 72.3 Å². The van der Waals surface area contributed by atoms with Crippen molar-refractivity contribution in [3.63, 3.8) is 0 Å². The normalized spacial score (nSPS) is 12.7. The van der Waals surface area contributed by atoms with E-state index in [4.69, 9.17) is 11.6 Å². The van der Waals surface area contributed by atoms with Crippen LogP contribution in [0.2, 0.25) is 5.02 Å². The summed E-state index contributed by atoms with van der Waals surface area (Å²) in [6, 6.07) is 20.4. The first-order chi connectivity index (χ1) is 12.9. The molecule has 1 atom stereocenters. The molecular weight excluding hydrogens is 385 g/mol. The van der Waals surface area contributed by atoms with Gasteiger partial charge in [0.15, 0.2) is 0 Å². The van der Waals surface area contributed by atoms with Crippen molar-refractivity contribution < 1.29 is 12.8 Å². The van der Waals surface area contributed by atoms with Gasteiger partial charge in [-0.15, -0.1) is 0 Å². The summed E-state index contributed by atoms with van der Waals surface area (Å²) >= 11 is 6.00. The van der Waals surface area contributed by atoms with Gasteiger partial charge in [-0.2, -0.15) is 0 Å². The van der Waals surface area contributed by atoms with Gasteiger partial charge < -0.3 is 0 Å². The Morgan fingerprint density at radius 3 is 2.30 bits per heavy atom. The molecular formula is C21H19ClFNO2S. The smallest absolute Gasteiger partial charge is 0.212 e. The first kappa shape index (κ1) is 19.5. The Labute approximate surface area is 163 Å². The van der Waals surface area contributed by atoms with Crippen LogP contribution in [-0.2, 0) is 15.8 Å². The summed E-state index contributed by atoms with van der Waals surface area (Å²) < 4.78 is 42.4. The van der Waals surface area contributed by atoms with Crippen LogP contribution in [-0.4, -0.2) is 8.42 Å². The third-order valence-electron chi connectivity index (χ3n) is 4.33. The number of rotatable bonds is 6. The minimum Gasteiger partial charge on any atom is -0.212 e. The summed E-state index contributed by atoms with van der Waals surface area (Å²) in [5.74, 6) is -1.17. The molecule has 0 unspecified atom stereocenters. The summed E-state index contributed by atoms with van der Waals surface area (Å²) in [5, 5.41) is 0.0903. The zero-order valence-electron chi connectivity index (χ0n) is 14.7. The monoisotopic (exact) mass is 403 g/mol. The number of sulfonamides is 1. The Kier molecular flexibility index (Phi) is 5.95. The van der Waals surface area contributed by atoms with E-state index in [-0.39, 0.29) is 10.6 Å². The van der Waals surface area contributed by atoms with Crippen LogP contribution in [0.1, 0.15) is 28.3 Å². The molecule has 140 valence electrons. The number of benzene rings is 3. The Hall–Kier alpha value is -2.21. The van der Waals surface area contributed by atoms with Crippen LogP contribution in [0.3, 0.4) is 0 Å². The highest BCUT2D eigenvalue weighted by molar-refractivity contribution is 7.88. The first-order valence-corrected chi connectivity index (χ1v) is 10.4. The number of hydrogen-bond donors (Lipinski definition) is 1. The molecule has 3 nitrogen and oxygen atoms in total. The van der Waals surface area contributed by atoms with Gasteiger partial charge in [0.05, 0.1) is 11.8 Å². The van der Waals surface area contributed by atoms with E-state index in [1.165, 1.54) is 18.2 Å². The lowest BCUT2D eigenvalue weighted by Gasteiger charge is -2.22. The molecule has 0 aromatic heterocycles. The zero-order chi connectivity index (χ0) is 19.4. The Morgan fingerprint density at radius 1 is 0.963 bits per heavy atom. The maximum absolute atomic E-state index is 14.1. The van der Waals surface area contributed by atoms with E-state index in [0.717, 1.165) is 16.7 Å². The molecule has 0 spiro atoms. The van der Waals surface area contributed by atoms with E-state index < -0.39 is 27.6 Å². The summed E-state index contributed by atoms with van der Waals surface area (Å²) in [4.78, 5) is 0. The van der Waals surface area contributed by atoms with Crippen molar-refractivity contribution in [2.75, 3.05) is 0 Å². The second-order valence-electron chi connectivity index (χ2n) is 6.28. The van der Waals surface area contributed by atoms with Gasteiger partial charge in [0.2, 0.25) is 10.0 Å². The molecule has 0 aliphatic heterocycles. The Morgan fingerprint density at radius 2 is 1.63 bits per heavy atom. The maximum atomic E-state index is 14.1. The van der Waals surface area contributed by atoms with Crippen molar-refractivity contribution in [1.29, 1.82) is 0 Å². The topological polar surface area (TPSA) is 46.2 Å². The highest BCUT2D eigenvalue weighted by atomic mass is 35.5. The lowest BCUT2D eigenvalue weighted by Crippen LogP contribution is -2.31. The average Bonchev–Trinajstić information content (AvgIpc) is 2.64. The maximum Gasteiger partial charge on any atom is 0.216 e. The van der Waals surface area contributed by atoms with Gasteiger partial charge in [0.25, 0.3) is 0 Å². The molecule has 0 aliphatic rings. The minimum absolute atomic E-state index is 0.0386. The fourth-order valence-electron chi connectivity index (χ4n) is 2.95. The molecule has 0 fully saturated rings. The lowest BCUT2D eigenvalue weighted by atomic mass is 9.96.